The van der Waals surface area contributed by atoms with Crippen LogP contribution in [0.25, 0.3) is 0 Å². The number of anilines is 1. The van der Waals surface area contributed by atoms with Crippen molar-refractivity contribution >= 4 is 35.2 Å². The molecular weight excluding hydrogens is 500 g/mol. The van der Waals surface area contributed by atoms with Crippen molar-refractivity contribution in [1.82, 2.24) is 4.90 Å². The third-order valence-corrected chi connectivity index (χ3v) is 10.4. The first-order chi connectivity index (χ1) is 18.2. The number of aliphatic hydroxyl groups is 1. The number of ether oxygens (including phenoxy) is 1. The summed E-state index contributed by atoms with van der Waals surface area (Å²) < 4.78 is 4.33. The van der Waals surface area contributed by atoms with E-state index in [1.54, 1.807) is 27.6 Å². The number of aliphatic hydroxyl groups excluding tert-OH is 1. The monoisotopic (exact) mass is 540 g/mol. The number of aryl methyl sites for hydroxylation is 2. The molecule has 1 aromatic carbocycles. The van der Waals surface area contributed by atoms with Crippen molar-refractivity contribution in [1.29, 1.82) is 0 Å². The number of esters is 1. The van der Waals surface area contributed by atoms with Crippen molar-refractivity contribution in [3.8, 4) is 0 Å². The number of thioether (sulfide) groups is 1. The van der Waals surface area contributed by atoms with Gasteiger partial charge in [-0.05, 0) is 64.0 Å². The zero-order valence-electron chi connectivity index (χ0n) is 22.8. The lowest BCUT2D eigenvalue weighted by atomic mass is 9.66. The Labute approximate surface area is 230 Å². The molecule has 0 aliphatic carbocycles. The van der Waals surface area contributed by atoms with Crippen LogP contribution in [0.15, 0.2) is 43.5 Å². The third kappa shape index (κ3) is 4.60. The minimum Gasteiger partial charge on any atom is -0.461 e. The minimum atomic E-state index is -0.701. The van der Waals surface area contributed by atoms with Crippen LogP contribution in [0.5, 0.6) is 0 Å². The molecule has 1 aromatic rings. The molecule has 2 unspecified atom stereocenters. The van der Waals surface area contributed by atoms with Crippen LogP contribution < -0.4 is 4.90 Å². The minimum absolute atomic E-state index is 0.0912. The van der Waals surface area contributed by atoms with Crippen molar-refractivity contribution in [2.45, 2.75) is 68.4 Å². The lowest BCUT2D eigenvalue weighted by molar-refractivity contribution is -0.154. The maximum Gasteiger partial charge on any atom is 0.311 e. The van der Waals surface area contributed by atoms with Crippen molar-refractivity contribution in [3.63, 3.8) is 0 Å². The summed E-state index contributed by atoms with van der Waals surface area (Å²) in [5.41, 5.74) is 2.80. The highest BCUT2D eigenvalue weighted by Crippen LogP contribution is 2.71. The second kappa shape index (κ2) is 11.3. The standard InChI is InChI=1S/C30H40N2O5S/c1-6-16-31(24-20(3)12-11-13-21(24)4)27(35)25-30-15-14-29(5,38-30)23(28(36)37-19-7-2)22(30)26(34)32(25)17-9-8-10-18-33/h6-7,11-13,22-23,25,33H,1-2,8-10,14-19H2,3-5H3/t22-,23-,25?,29+,30?/m0/s1. The molecule has 2 bridgehead atoms. The summed E-state index contributed by atoms with van der Waals surface area (Å²) in [4.78, 5) is 45.7. The topological polar surface area (TPSA) is 87.1 Å². The first kappa shape index (κ1) is 28.4. The Kier molecular flexibility index (Phi) is 8.43. The van der Waals surface area contributed by atoms with Gasteiger partial charge in [0.2, 0.25) is 5.91 Å². The molecule has 0 radical (unpaired) electrons. The van der Waals surface area contributed by atoms with Crippen LogP contribution >= 0.6 is 11.8 Å². The summed E-state index contributed by atoms with van der Waals surface area (Å²) >= 11 is 1.65. The highest BCUT2D eigenvalue weighted by atomic mass is 32.2. The molecule has 3 saturated heterocycles. The predicted octanol–water partition coefficient (Wildman–Crippen LogP) is 4.20. The van der Waals surface area contributed by atoms with E-state index in [0.717, 1.165) is 29.7 Å². The molecule has 1 spiro atoms. The van der Waals surface area contributed by atoms with Gasteiger partial charge >= 0.3 is 5.97 Å². The molecule has 7 nitrogen and oxygen atoms in total. The number of para-hydroxylation sites is 1. The number of hydrogen-bond acceptors (Lipinski definition) is 6. The Balaban J connectivity index is 1.78. The fourth-order valence-corrected chi connectivity index (χ4v) is 9.24. The van der Waals surface area contributed by atoms with E-state index in [0.29, 0.717) is 32.4 Å². The Hall–Kier alpha value is -2.58. The number of amides is 2. The van der Waals surface area contributed by atoms with Gasteiger partial charge in [0.1, 0.15) is 12.6 Å². The molecule has 8 heteroatoms. The van der Waals surface area contributed by atoms with Crippen LogP contribution in [0.3, 0.4) is 0 Å². The number of rotatable bonds is 12. The molecule has 4 rings (SSSR count). The van der Waals surface area contributed by atoms with E-state index in [2.05, 4.69) is 13.2 Å². The van der Waals surface area contributed by atoms with Crippen LogP contribution in [-0.2, 0) is 19.1 Å². The van der Waals surface area contributed by atoms with Gasteiger partial charge in [0, 0.05) is 30.1 Å². The number of nitrogens with zero attached hydrogens (tertiary/aromatic N) is 2. The molecule has 2 amide bonds. The molecule has 3 heterocycles. The first-order valence-electron chi connectivity index (χ1n) is 13.5. The Morgan fingerprint density at radius 3 is 2.53 bits per heavy atom. The Bertz CT molecular complexity index is 1100. The average Bonchev–Trinajstić information content (AvgIpc) is 3.45. The first-order valence-corrected chi connectivity index (χ1v) is 14.4. The summed E-state index contributed by atoms with van der Waals surface area (Å²) in [6.45, 7) is 14.5. The van der Waals surface area contributed by atoms with Gasteiger partial charge in [-0.2, -0.15) is 0 Å². The largest absolute Gasteiger partial charge is 0.461 e. The fourth-order valence-electron chi connectivity index (χ4n) is 6.90. The highest BCUT2D eigenvalue weighted by Gasteiger charge is 2.77. The normalized spacial score (nSPS) is 29.3. The predicted molar refractivity (Wildman–Crippen MR) is 151 cm³/mol. The summed E-state index contributed by atoms with van der Waals surface area (Å²) in [5.74, 6) is -1.87. The third-order valence-electron chi connectivity index (χ3n) is 8.45. The average molecular weight is 541 g/mol. The van der Waals surface area contributed by atoms with Crippen molar-refractivity contribution in [2.24, 2.45) is 11.8 Å². The van der Waals surface area contributed by atoms with Gasteiger partial charge in [-0.25, -0.2) is 0 Å². The Morgan fingerprint density at radius 2 is 1.89 bits per heavy atom. The number of likely N-dealkylation sites (tertiary alicyclic amines) is 1. The summed E-state index contributed by atoms with van der Waals surface area (Å²) in [6.07, 6.45) is 6.75. The molecule has 206 valence electrons. The van der Waals surface area contributed by atoms with Gasteiger partial charge in [0.25, 0.3) is 5.91 Å². The highest BCUT2D eigenvalue weighted by molar-refractivity contribution is 8.02. The van der Waals surface area contributed by atoms with E-state index in [1.807, 2.05) is 39.0 Å². The summed E-state index contributed by atoms with van der Waals surface area (Å²) in [7, 11) is 0. The smallest absolute Gasteiger partial charge is 0.311 e. The lowest BCUT2D eigenvalue weighted by Gasteiger charge is -2.38. The molecule has 0 aromatic heterocycles. The van der Waals surface area contributed by atoms with Crippen LogP contribution in [0.4, 0.5) is 5.69 Å². The maximum atomic E-state index is 14.7. The number of carbonyl (C=O) groups is 3. The van der Waals surface area contributed by atoms with Gasteiger partial charge in [-0.3, -0.25) is 14.4 Å². The van der Waals surface area contributed by atoms with Crippen LogP contribution in [-0.4, -0.2) is 69.6 Å². The summed E-state index contributed by atoms with van der Waals surface area (Å²) in [5, 5.41) is 9.26. The van der Waals surface area contributed by atoms with E-state index >= 15 is 0 Å². The van der Waals surface area contributed by atoms with Gasteiger partial charge in [0.15, 0.2) is 0 Å². The SMILES string of the molecule is C=CCOC(=O)[C@@H]1[C@H]2C(=O)N(CCCCCO)C(C(=O)N(CC=C)c3c(C)cccc3C)C23CC[C@@]1(C)S3. The molecule has 3 aliphatic rings. The molecular formula is C30H40N2O5S. The van der Waals surface area contributed by atoms with Gasteiger partial charge in [-0.15, -0.1) is 18.3 Å². The van der Waals surface area contributed by atoms with Crippen molar-refractivity contribution in [2.75, 3.05) is 31.2 Å². The quantitative estimate of drug-likeness (QED) is 0.243. The van der Waals surface area contributed by atoms with Crippen LogP contribution in [0, 0.1) is 25.7 Å². The number of unbranched alkanes of at least 4 members (excludes halogenated alkanes) is 2. The van der Waals surface area contributed by atoms with Gasteiger partial charge in [-0.1, -0.05) is 36.9 Å². The van der Waals surface area contributed by atoms with Gasteiger partial charge in [0.05, 0.1) is 16.6 Å². The van der Waals surface area contributed by atoms with E-state index in [9.17, 15) is 19.5 Å². The second-order valence-corrected chi connectivity index (χ2v) is 12.8. The van der Waals surface area contributed by atoms with Crippen molar-refractivity contribution < 1.29 is 24.2 Å². The number of benzene rings is 1. The molecule has 3 fully saturated rings. The van der Waals surface area contributed by atoms with Gasteiger partial charge < -0.3 is 19.6 Å². The maximum absolute atomic E-state index is 14.7. The second-order valence-electron chi connectivity index (χ2n) is 10.9. The zero-order chi connectivity index (χ0) is 27.7. The van der Waals surface area contributed by atoms with E-state index in [4.69, 9.17) is 4.74 Å². The lowest BCUT2D eigenvalue weighted by Crippen LogP contribution is -2.55. The number of carbonyl (C=O) groups excluding carboxylic acids is 3. The summed E-state index contributed by atoms with van der Waals surface area (Å²) in [6, 6.07) is 5.25. The molecule has 5 atom stereocenters. The zero-order valence-corrected chi connectivity index (χ0v) is 23.6. The molecule has 3 aliphatic heterocycles. The molecule has 38 heavy (non-hydrogen) atoms. The van der Waals surface area contributed by atoms with Crippen molar-refractivity contribution in [3.05, 3.63) is 54.6 Å². The van der Waals surface area contributed by atoms with E-state index < -0.39 is 27.4 Å². The number of hydrogen-bond donors (Lipinski definition) is 1. The van der Waals surface area contributed by atoms with Crippen LogP contribution in [0.1, 0.15) is 50.2 Å². The van der Waals surface area contributed by atoms with Crippen LogP contribution in [0.2, 0.25) is 0 Å². The van der Waals surface area contributed by atoms with E-state index in [-0.39, 0.29) is 31.0 Å². The molecule has 0 saturated carbocycles. The Morgan fingerprint density at radius 1 is 1.18 bits per heavy atom. The fraction of sp³-hybridized carbons (Fsp3) is 0.567. The van der Waals surface area contributed by atoms with E-state index in [1.165, 1.54) is 6.08 Å². The molecule has 1 N–H and O–H groups in total. The number of fused-ring (bicyclic) bond motifs is 1.